The molecule has 1 aliphatic rings. The van der Waals surface area contributed by atoms with Crippen LogP contribution < -0.4 is 0 Å². The number of hydrogen-bond donors (Lipinski definition) is 1. The molecule has 2 aromatic heterocycles. The molecule has 8 nitrogen and oxygen atoms in total. The minimum absolute atomic E-state index is 0.250. The number of aromatic nitrogens is 5. The Labute approximate surface area is 164 Å². The molecule has 148 valence electrons. The van der Waals surface area contributed by atoms with E-state index in [1.54, 1.807) is 4.68 Å². The Morgan fingerprint density at radius 3 is 2.43 bits per heavy atom. The lowest BCUT2D eigenvalue weighted by Gasteiger charge is -2.26. The molecule has 1 fully saturated rings. The fourth-order valence-electron chi connectivity index (χ4n) is 3.43. The van der Waals surface area contributed by atoms with Gasteiger partial charge in [0.25, 0.3) is 6.47 Å². The zero-order valence-electron chi connectivity index (χ0n) is 16.3. The third-order valence-corrected chi connectivity index (χ3v) is 4.72. The second kappa shape index (κ2) is 9.27. The van der Waals surface area contributed by atoms with Gasteiger partial charge in [0.05, 0.1) is 12.4 Å². The highest BCUT2D eigenvalue weighted by Crippen LogP contribution is 2.22. The molecule has 28 heavy (non-hydrogen) atoms. The summed E-state index contributed by atoms with van der Waals surface area (Å²) in [5, 5.41) is 15.7. The molecular formula is C20H26N6O2. The highest BCUT2D eigenvalue weighted by Gasteiger charge is 2.14. The van der Waals surface area contributed by atoms with Crippen LogP contribution in [0.1, 0.15) is 30.7 Å². The Balaban J connectivity index is 0.000000706. The molecule has 0 bridgehead atoms. The van der Waals surface area contributed by atoms with Gasteiger partial charge in [-0.15, -0.1) is 0 Å². The first-order chi connectivity index (χ1) is 13.6. The zero-order chi connectivity index (χ0) is 19.9. The first kappa shape index (κ1) is 19.8. The van der Waals surface area contributed by atoms with E-state index >= 15 is 0 Å². The average Bonchev–Trinajstić information content (AvgIpc) is 3.29. The molecule has 0 unspecified atom stereocenters. The topological polar surface area (TPSA) is 89.1 Å². The van der Waals surface area contributed by atoms with Crippen LogP contribution in [-0.4, -0.2) is 54.1 Å². The van der Waals surface area contributed by atoms with Gasteiger partial charge in [-0.05, 0) is 38.4 Å². The molecule has 0 aliphatic carbocycles. The Morgan fingerprint density at radius 2 is 1.82 bits per heavy atom. The van der Waals surface area contributed by atoms with Gasteiger partial charge in [-0.1, -0.05) is 30.7 Å². The number of likely N-dealkylation sites (tertiary alicyclic amines) is 1. The molecule has 3 aromatic rings. The van der Waals surface area contributed by atoms with Crippen LogP contribution in [0.25, 0.3) is 17.1 Å². The fourth-order valence-corrected chi connectivity index (χ4v) is 3.43. The molecule has 0 atom stereocenters. The molecule has 1 aliphatic heterocycles. The quantitative estimate of drug-likeness (QED) is 0.698. The molecule has 0 spiro atoms. The minimum atomic E-state index is -0.250. The van der Waals surface area contributed by atoms with Gasteiger partial charge in [0.1, 0.15) is 11.5 Å². The summed E-state index contributed by atoms with van der Waals surface area (Å²) in [5.41, 5.74) is 3.36. The van der Waals surface area contributed by atoms with Crippen molar-refractivity contribution in [2.75, 3.05) is 13.1 Å². The molecule has 4 rings (SSSR count). The molecule has 1 saturated heterocycles. The van der Waals surface area contributed by atoms with Gasteiger partial charge >= 0.3 is 0 Å². The predicted octanol–water partition coefficient (Wildman–Crippen LogP) is 2.66. The van der Waals surface area contributed by atoms with Crippen LogP contribution in [0.5, 0.6) is 0 Å². The molecule has 3 heterocycles. The Bertz CT molecular complexity index is 894. The van der Waals surface area contributed by atoms with Crippen molar-refractivity contribution in [2.45, 2.75) is 32.7 Å². The number of rotatable bonds is 4. The van der Waals surface area contributed by atoms with Crippen LogP contribution in [0.3, 0.4) is 0 Å². The minimum Gasteiger partial charge on any atom is -0.483 e. The second-order valence-corrected chi connectivity index (χ2v) is 6.91. The number of benzene rings is 1. The molecule has 0 saturated carbocycles. The van der Waals surface area contributed by atoms with Gasteiger partial charge < -0.3 is 5.11 Å². The maximum atomic E-state index is 8.36. The van der Waals surface area contributed by atoms with E-state index in [0.29, 0.717) is 0 Å². The van der Waals surface area contributed by atoms with Crippen LogP contribution in [0.15, 0.2) is 36.7 Å². The average molecular weight is 382 g/mol. The van der Waals surface area contributed by atoms with E-state index < -0.39 is 0 Å². The summed E-state index contributed by atoms with van der Waals surface area (Å²) >= 11 is 0. The van der Waals surface area contributed by atoms with Gasteiger partial charge in [-0.3, -0.25) is 14.4 Å². The summed E-state index contributed by atoms with van der Waals surface area (Å²) in [6.45, 7) is 5.14. The van der Waals surface area contributed by atoms with Crippen molar-refractivity contribution >= 4 is 6.47 Å². The maximum absolute atomic E-state index is 8.36. The van der Waals surface area contributed by atoms with E-state index in [9.17, 15) is 0 Å². The first-order valence-corrected chi connectivity index (χ1v) is 9.43. The lowest BCUT2D eigenvalue weighted by molar-refractivity contribution is -0.122. The fraction of sp³-hybridized carbons (Fsp3) is 0.400. The van der Waals surface area contributed by atoms with Gasteiger partial charge in [-0.2, -0.15) is 10.2 Å². The van der Waals surface area contributed by atoms with E-state index in [1.807, 2.05) is 31.0 Å². The van der Waals surface area contributed by atoms with Gasteiger partial charge in [0.15, 0.2) is 5.82 Å². The van der Waals surface area contributed by atoms with E-state index in [-0.39, 0.29) is 6.47 Å². The summed E-state index contributed by atoms with van der Waals surface area (Å²) in [6.07, 6.45) is 7.78. The lowest BCUT2D eigenvalue weighted by Crippen LogP contribution is -2.29. The van der Waals surface area contributed by atoms with Crippen LogP contribution in [-0.2, 0) is 18.4 Å². The standard InChI is InChI=1S/C19H24N6.CH2O2/c1-15-21-19(25(22-15)18-12-20-23(2)14-18)17-8-6-16(7-9-17)13-24-10-4-3-5-11-24;2-1-3/h6-9,12,14H,3-5,10-11,13H2,1-2H3;1H,(H,2,3). The third kappa shape index (κ3) is 4.83. The summed E-state index contributed by atoms with van der Waals surface area (Å²) in [5.74, 6) is 1.62. The summed E-state index contributed by atoms with van der Waals surface area (Å²) in [6, 6.07) is 8.72. The van der Waals surface area contributed by atoms with Crippen molar-refractivity contribution in [1.29, 1.82) is 0 Å². The normalized spacial score (nSPS) is 14.4. The van der Waals surface area contributed by atoms with Crippen LogP contribution >= 0.6 is 0 Å². The Kier molecular flexibility index (Phi) is 6.54. The van der Waals surface area contributed by atoms with E-state index in [0.717, 1.165) is 29.4 Å². The zero-order valence-corrected chi connectivity index (χ0v) is 16.3. The number of aryl methyl sites for hydroxylation is 2. The van der Waals surface area contributed by atoms with Crippen molar-refractivity contribution in [3.63, 3.8) is 0 Å². The monoisotopic (exact) mass is 382 g/mol. The van der Waals surface area contributed by atoms with Crippen LogP contribution in [0, 0.1) is 6.92 Å². The van der Waals surface area contributed by atoms with Gasteiger partial charge in [0, 0.05) is 19.2 Å². The summed E-state index contributed by atoms with van der Waals surface area (Å²) in [4.78, 5) is 15.5. The van der Waals surface area contributed by atoms with Gasteiger partial charge in [-0.25, -0.2) is 9.67 Å². The first-order valence-electron chi connectivity index (χ1n) is 9.43. The summed E-state index contributed by atoms with van der Waals surface area (Å²) in [7, 11) is 1.91. The molecule has 1 aromatic carbocycles. The molecule has 0 amide bonds. The Morgan fingerprint density at radius 1 is 1.14 bits per heavy atom. The molecule has 8 heteroatoms. The number of carboxylic acid groups (broad SMARTS) is 1. The van der Waals surface area contributed by atoms with Crippen molar-refractivity contribution in [3.05, 3.63) is 48.0 Å². The smallest absolute Gasteiger partial charge is 0.290 e. The number of carbonyl (C=O) groups is 1. The van der Waals surface area contributed by atoms with Crippen molar-refractivity contribution in [3.8, 4) is 17.1 Å². The third-order valence-electron chi connectivity index (χ3n) is 4.72. The summed E-state index contributed by atoms with van der Waals surface area (Å²) < 4.78 is 3.64. The number of hydrogen-bond acceptors (Lipinski definition) is 5. The maximum Gasteiger partial charge on any atom is 0.290 e. The molecule has 1 N–H and O–H groups in total. The number of piperidine rings is 1. The number of nitrogens with zero attached hydrogens (tertiary/aromatic N) is 6. The predicted molar refractivity (Wildman–Crippen MR) is 106 cm³/mol. The van der Waals surface area contributed by atoms with Crippen molar-refractivity contribution < 1.29 is 9.90 Å². The largest absolute Gasteiger partial charge is 0.483 e. The van der Waals surface area contributed by atoms with Crippen molar-refractivity contribution in [1.82, 2.24) is 29.4 Å². The lowest BCUT2D eigenvalue weighted by atomic mass is 10.1. The Hall–Kier alpha value is -3.00. The van der Waals surface area contributed by atoms with E-state index in [2.05, 4.69) is 44.3 Å². The van der Waals surface area contributed by atoms with Crippen molar-refractivity contribution in [2.24, 2.45) is 7.05 Å². The SMILES string of the molecule is Cc1nc(-c2ccc(CN3CCCCC3)cc2)n(-c2cnn(C)c2)n1.O=CO. The highest BCUT2D eigenvalue weighted by molar-refractivity contribution is 5.58. The highest BCUT2D eigenvalue weighted by atomic mass is 16.3. The second-order valence-electron chi connectivity index (χ2n) is 6.91. The molecular weight excluding hydrogens is 356 g/mol. The van der Waals surface area contributed by atoms with E-state index in [4.69, 9.17) is 9.90 Å². The van der Waals surface area contributed by atoms with Gasteiger partial charge in [0.2, 0.25) is 0 Å². The van der Waals surface area contributed by atoms with E-state index in [1.165, 1.54) is 37.9 Å². The van der Waals surface area contributed by atoms with Crippen LogP contribution in [0.2, 0.25) is 0 Å². The molecule has 0 radical (unpaired) electrons. The van der Waals surface area contributed by atoms with Crippen LogP contribution in [0.4, 0.5) is 0 Å².